The molecule has 2 N–H and O–H groups in total. The van der Waals surface area contributed by atoms with E-state index >= 15 is 0 Å². The summed E-state index contributed by atoms with van der Waals surface area (Å²) in [5, 5.41) is 6.66. The third kappa shape index (κ3) is 6.62. The van der Waals surface area contributed by atoms with Crippen molar-refractivity contribution in [2.75, 3.05) is 19.6 Å². The molecule has 5 heteroatoms. The van der Waals surface area contributed by atoms with Crippen molar-refractivity contribution in [1.82, 2.24) is 15.5 Å². The minimum atomic E-state index is -0.210. The molecule has 0 aromatic heterocycles. The molecule has 2 atom stereocenters. The zero-order valence-corrected chi connectivity index (χ0v) is 13.9. The van der Waals surface area contributed by atoms with E-state index < -0.39 is 0 Å². The molecular formula is C15H28ClN3O. The number of halogens is 1. The summed E-state index contributed by atoms with van der Waals surface area (Å²) in [6.07, 6.45) is 2.28. The molecule has 1 aliphatic heterocycles. The monoisotopic (exact) mass is 301 g/mol. The molecule has 0 aliphatic carbocycles. The Balaban J connectivity index is 2.44. The van der Waals surface area contributed by atoms with Crippen molar-refractivity contribution in [2.45, 2.75) is 52.1 Å². The predicted octanol–water partition coefficient (Wildman–Crippen LogP) is 2.94. The van der Waals surface area contributed by atoms with Gasteiger partial charge in [0.2, 0.25) is 0 Å². The molecule has 0 aromatic rings. The molecule has 2 amide bonds. The van der Waals surface area contributed by atoms with Crippen LogP contribution in [0.25, 0.3) is 0 Å². The van der Waals surface area contributed by atoms with Gasteiger partial charge < -0.3 is 10.6 Å². The van der Waals surface area contributed by atoms with Crippen LogP contribution in [0.5, 0.6) is 0 Å². The average Bonchev–Trinajstić information content (AvgIpc) is 2.25. The molecular weight excluding hydrogens is 274 g/mol. The van der Waals surface area contributed by atoms with Gasteiger partial charge in [0.15, 0.2) is 0 Å². The summed E-state index contributed by atoms with van der Waals surface area (Å²) in [5.41, 5.74) is -0.210. The zero-order valence-electron chi connectivity index (χ0n) is 13.1. The standard InChI is InChI=1S/C15H28ClN3O/c1-11(16)9-19-8-6-7-13(10-19)12(2)17-14(20)18-15(3,4)5/h12-13H,1,6-10H2,2-5H3,(H2,17,18,20)/t12-,13-/m0/s1. The van der Waals surface area contributed by atoms with Gasteiger partial charge in [-0.1, -0.05) is 18.2 Å². The highest BCUT2D eigenvalue weighted by molar-refractivity contribution is 6.29. The lowest BCUT2D eigenvalue weighted by atomic mass is 9.91. The molecule has 1 rings (SSSR count). The first-order valence-electron chi connectivity index (χ1n) is 7.31. The summed E-state index contributed by atoms with van der Waals surface area (Å²) < 4.78 is 0. The van der Waals surface area contributed by atoms with E-state index in [4.69, 9.17) is 11.6 Å². The van der Waals surface area contributed by atoms with Crippen LogP contribution in [-0.2, 0) is 0 Å². The fraction of sp³-hybridized carbons (Fsp3) is 0.800. The normalized spacial score (nSPS) is 22.1. The van der Waals surface area contributed by atoms with Gasteiger partial charge in [-0.2, -0.15) is 0 Å². The van der Waals surface area contributed by atoms with Gasteiger partial charge in [0.25, 0.3) is 0 Å². The van der Waals surface area contributed by atoms with Crippen LogP contribution in [0.2, 0.25) is 0 Å². The third-order valence-corrected chi connectivity index (χ3v) is 3.61. The topological polar surface area (TPSA) is 44.4 Å². The number of amides is 2. The maximum Gasteiger partial charge on any atom is 0.315 e. The number of rotatable bonds is 4. The largest absolute Gasteiger partial charge is 0.335 e. The SMILES string of the molecule is C=C(Cl)CN1CCC[C@H]([C@H](C)NC(=O)NC(C)(C)C)C1. The number of piperidine rings is 1. The molecule has 4 nitrogen and oxygen atoms in total. The van der Waals surface area contributed by atoms with Gasteiger partial charge in [0, 0.05) is 29.7 Å². The lowest BCUT2D eigenvalue weighted by Gasteiger charge is -2.36. The number of carbonyl (C=O) groups excluding carboxylic acids is 1. The highest BCUT2D eigenvalue weighted by Gasteiger charge is 2.26. The van der Waals surface area contributed by atoms with Gasteiger partial charge in [0.05, 0.1) is 0 Å². The minimum absolute atomic E-state index is 0.0936. The Bertz CT molecular complexity index is 352. The number of carbonyl (C=O) groups is 1. The number of hydrogen-bond donors (Lipinski definition) is 2. The van der Waals surface area contributed by atoms with Crippen molar-refractivity contribution in [1.29, 1.82) is 0 Å². The Hall–Kier alpha value is -0.740. The Morgan fingerprint density at radius 3 is 2.70 bits per heavy atom. The van der Waals surface area contributed by atoms with Gasteiger partial charge >= 0.3 is 6.03 Å². The van der Waals surface area contributed by atoms with E-state index in [1.807, 2.05) is 20.8 Å². The first kappa shape index (κ1) is 17.3. The Morgan fingerprint density at radius 2 is 2.15 bits per heavy atom. The zero-order chi connectivity index (χ0) is 15.3. The van der Waals surface area contributed by atoms with E-state index in [0.29, 0.717) is 11.0 Å². The first-order valence-corrected chi connectivity index (χ1v) is 7.69. The average molecular weight is 302 g/mol. The highest BCUT2D eigenvalue weighted by Crippen LogP contribution is 2.20. The number of nitrogens with one attached hydrogen (secondary N) is 2. The van der Waals surface area contributed by atoms with Crippen LogP contribution in [0.1, 0.15) is 40.5 Å². The quantitative estimate of drug-likeness (QED) is 0.838. The second-order valence-corrected chi connectivity index (χ2v) is 7.33. The molecule has 1 fully saturated rings. The molecule has 0 bridgehead atoms. The fourth-order valence-electron chi connectivity index (χ4n) is 2.59. The van der Waals surface area contributed by atoms with Crippen molar-refractivity contribution < 1.29 is 4.79 Å². The summed E-state index contributed by atoms with van der Waals surface area (Å²) in [7, 11) is 0. The van der Waals surface area contributed by atoms with Crippen LogP contribution in [0.15, 0.2) is 11.6 Å². The van der Waals surface area contributed by atoms with Crippen molar-refractivity contribution in [3.8, 4) is 0 Å². The third-order valence-electron chi connectivity index (χ3n) is 3.49. The van der Waals surface area contributed by atoms with Crippen LogP contribution in [0.4, 0.5) is 4.79 Å². The molecule has 116 valence electrons. The van der Waals surface area contributed by atoms with Crippen molar-refractivity contribution in [3.63, 3.8) is 0 Å². The van der Waals surface area contributed by atoms with Crippen LogP contribution in [0, 0.1) is 5.92 Å². The summed E-state index contributed by atoms with van der Waals surface area (Å²) in [6, 6.07) is 0.0626. The highest BCUT2D eigenvalue weighted by atomic mass is 35.5. The summed E-state index contributed by atoms with van der Waals surface area (Å²) in [5.74, 6) is 0.463. The Morgan fingerprint density at radius 1 is 1.50 bits per heavy atom. The molecule has 0 spiro atoms. The maximum atomic E-state index is 11.9. The minimum Gasteiger partial charge on any atom is -0.335 e. The summed E-state index contributed by atoms with van der Waals surface area (Å²) in [4.78, 5) is 14.2. The number of hydrogen-bond acceptors (Lipinski definition) is 2. The van der Waals surface area contributed by atoms with Gasteiger partial charge in [-0.3, -0.25) is 4.90 Å². The summed E-state index contributed by atoms with van der Waals surface area (Å²) in [6.45, 7) is 14.5. The molecule has 1 heterocycles. The predicted molar refractivity (Wildman–Crippen MR) is 85.0 cm³/mol. The van der Waals surface area contributed by atoms with Crippen molar-refractivity contribution in [2.24, 2.45) is 5.92 Å². The second kappa shape index (κ2) is 7.32. The smallest absolute Gasteiger partial charge is 0.315 e. The second-order valence-electron chi connectivity index (χ2n) is 6.79. The molecule has 20 heavy (non-hydrogen) atoms. The Kier molecular flexibility index (Phi) is 6.34. The van der Waals surface area contributed by atoms with Gasteiger partial charge in [-0.25, -0.2) is 4.79 Å². The van der Waals surface area contributed by atoms with E-state index in [1.165, 1.54) is 0 Å². The molecule has 1 saturated heterocycles. The fourth-order valence-corrected chi connectivity index (χ4v) is 2.76. The lowest BCUT2D eigenvalue weighted by molar-refractivity contribution is 0.161. The van der Waals surface area contributed by atoms with Crippen LogP contribution < -0.4 is 10.6 Å². The van der Waals surface area contributed by atoms with Gasteiger partial charge in [-0.05, 0) is 53.0 Å². The maximum absolute atomic E-state index is 11.9. The molecule has 0 unspecified atom stereocenters. The van der Waals surface area contributed by atoms with Crippen LogP contribution in [0.3, 0.4) is 0 Å². The van der Waals surface area contributed by atoms with E-state index in [9.17, 15) is 4.79 Å². The number of nitrogens with zero attached hydrogens (tertiary/aromatic N) is 1. The van der Waals surface area contributed by atoms with Gasteiger partial charge in [-0.15, -0.1) is 0 Å². The molecule has 0 saturated carbocycles. The van der Waals surface area contributed by atoms with E-state index in [0.717, 1.165) is 32.5 Å². The van der Waals surface area contributed by atoms with Crippen LogP contribution in [-0.4, -0.2) is 42.1 Å². The van der Waals surface area contributed by atoms with E-state index in [1.54, 1.807) is 0 Å². The summed E-state index contributed by atoms with van der Waals surface area (Å²) >= 11 is 5.88. The number of urea groups is 1. The molecule has 0 aromatic carbocycles. The number of likely N-dealkylation sites (tertiary alicyclic amines) is 1. The van der Waals surface area contributed by atoms with Crippen molar-refractivity contribution in [3.05, 3.63) is 11.6 Å². The molecule has 1 aliphatic rings. The van der Waals surface area contributed by atoms with Crippen molar-refractivity contribution >= 4 is 17.6 Å². The molecule has 0 radical (unpaired) electrons. The van der Waals surface area contributed by atoms with Gasteiger partial charge in [0.1, 0.15) is 0 Å². The van der Waals surface area contributed by atoms with E-state index in [2.05, 4.69) is 29.0 Å². The van der Waals surface area contributed by atoms with E-state index in [-0.39, 0.29) is 17.6 Å². The first-order chi connectivity index (χ1) is 9.17. The lowest BCUT2D eigenvalue weighted by Crippen LogP contribution is -2.52. The van der Waals surface area contributed by atoms with Crippen LogP contribution >= 0.6 is 11.6 Å². The Labute approximate surface area is 127 Å².